The van der Waals surface area contributed by atoms with Crippen molar-refractivity contribution in [2.75, 3.05) is 6.26 Å². The number of sulfone groups is 1. The summed E-state index contributed by atoms with van der Waals surface area (Å²) in [5.41, 5.74) is 3.56. The van der Waals surface area contributed by atoms with E-state index in [9.17, 15) is 13.2 Å². The molecule has 29 heavy (non-hydrogen) atoms. The zero-order valence-electron chi connectivity index (χ0n) is 15.9. The summed E-state index contributed by atoms with van der Waals surface area (Å²) in [5, 5.41) is 3.01. The van der Waals surface area contributed by atoms with Crippen LogP contribution in [0.1, 0.15) is 40.6 Å². The first kappa shape index (κ1) is 19.2. The van der Waals surface area contributed by atoms with Crippen molar-refractivity contribution in [3.05, 3.63) is 71.9 Å². The largest absolute Gasteiger partial charge is 0.342 e. The number of amides is 1. The van der Waals surface area contributed by atoms with Gasteiger partial charge in [-0.05, 0) is 43.0 Å². The number of aryl methyl sites for hydroxylation is 1. The molecule has 0 aliphatic heterocycles. The molecule has 2 heterocycles. The van der Waals surface area contributed by atoms with E-state index in [0.717, 1.165) is 36.1 Å². The standard InChI is InChI=1S/C21H20N4O3S/c1-29(27,28)16-6-2-5-15(12-16)17-9-8-14-4-3-7-18(20(14)24-17)25-21(26)19-13-22-10-11-23-19/h2,5-6,8-13,18H,3-4,7H2,1H3,(H,25,26). The molecular weight excluding hydrogens is 388 g/mol. The van der Waals surface area contributed by atoms with Gasteiger partial charge in [0.25, 0.3) is 5.91 Å². The van der Waals surface area contributed by atoms with Crippen LogP contribution in [0.3, 0.4) is 0 Å². The SMILES string of the molecule is CS(=O)(=O)c1cccc(-c2ccc3c(n2)C(NC(=O)c2cnccn2)CCC3)c1. The van der Waals surface area contributed by atoms with Gasteiger partial charge in [0.2, 0.25) is 0 Å². The molecule has 1 aliphatic rings. The van der Waals surface area contributed by atoms with E-state index < -0.39 is 9.84 Å². The first-order valence-electron chi connectivity index (χ1n) is 9.29. The minimum Gasteiger partial charge on any atom is -0.342 e. The lowest BCUT2D eigenvalue weighted by atomic mass is 9.91. The molecule has 0 spiro atoms. The molecule has 2 aromatic heterocycles. The van der Waals surface area contributed by atoms with Gasteiger partial charge in [0.05, 0.1) is 28.5 Å². The van der Waals surface area contributed by atoms with Crippen LogP contribution in [-0.4, -0.2) is 35.5 Å². The fourth-order valence-corrected chi connectivity index (χ4v) is 4.15. The maximum absolute atomic E-state index is 12.5. The molecule has 1 N–H and O–H groups in total. The van der Waals surface area contributed by atoms with Crippen LogP contribution in [0.25, 0.3) is 11.3 Å². The molecule has 0 saturated carbocycles. The van der Waals surface area contributed by atoms with Crippen LogP contribution < -0.4 is 5.32 Å². The Kier molecular flexibility index (Phi) is 5.10. The van der Waals surface area contributed by atoms with E-state index in [1.807, 2.05) is 18.2 Å². The van der Waals surface area contributed by atoms with Crippen molar-refractivity contribution in [3.63, 3.8) is 0 Å². The predicted molar refractivity (Wildman–Crippen MR) is 108 cm³/mol. The summed E-state index contributed by atoms with van der Waals surface area (Å²) in [7, 11) is -3.31. The second kappa shape index (κ2) is 7.71. The van der Waals surface area contributed by atoms with Crippen LogP contribution in [0.2, 0.25) is 0 Å². The summed E-state index contributed by atoms with van der Waals surface area (Å²) >= 11 is 0. The molecule has 3 aromatic rings. The Bertz CT molecular complexity index is 1160. The predicted octanol–water partition coefficient (Wildman–Crippen LogP) is 2.75. The van der Waals surface area contributed by atoms with Crippen molar-refractivity contribution in [3.8, 4) is 11.3 Å². The molecule has 148 valence electrons. The Morgan fingerprint density at radius 1 is 1.17 bits per heavy atom. The second-order valence-electron chi connectivity index (χ2n) is 7.05. The first-order valence-corrected chi connectivity index (χ1v) is 11.2. The average Bonchev–Trinajstić information content (AvgIpc) is 2.74. The van der Waals surface area contributed by atoms with Crippen LogP contribution in [0, 0.1) is 0 Å². The highest BCUT2D eigenvalue weighted by Crippen LogP contribution is 2.31. The number of carbonyl (C=O) groups is 1. The minimum atomic E-state index is -3.31. The number of nitrogens with one attached hydrogen (secondary N) is 1. The van der Waals surface area contributed by atoms with E-state index in [2.05, 4.69) is 15.3 Å². The Balaban J connectivity index is 1.67. The Labute approximate surface area is 169 Å². The number of benzene rings is 1. The second-order valence-corrected chi connectivity index (χ2v) is 9.07. The zero-order valence-corrected chi connectivity index (χ0v) is 16.7. The number of pyridine rings is 1. The van der Waals surface area contributed by atoms with Gasteiger partial charge in [-0.3, -0.25) is 14.8 Å². The Morgan fingerprint density at radius 3 is 2.79 bits per heavy atom. The summed E-state index contributed by atoms with van der Waals surface area (Å²) < 4.78 is 23.8. The van der Waals surface area contributed by atoms with Gasteiger partial charge in [0.1, 0.15) is 5.69 Å². The molecule has 1 amide bonds. The molecule has 1 aliphatic carbocycles. The fourth-order valence-electron chi connectivity index (χ4n) is 3.49. The molecule has 0 radical (unpaired) electrons. The van der Waals surface area contributed by atoms with Gasteiger partial charge in [-0.25, -0.2) is 13.4 Å². The first-order chi connectivity index (χ1) is 13.9. The number of aromatic nitrogens is 3. The number of hydrogen-bond acceptors (Lipinski definition) is 6. The number of hydrogen-bond donors (Lipinski definition) is 1. The lowest BCUT2D eigenvalue weighted by molar-refractivity contribution is 0.0926. The molecule has 4 rings (SSSR count). The van der Waals surface area contributed by atoms with Crippen LogP contribution in [0.15, 0.2) is 59.9 Å². The molecular formula is C21H20N4O3S. The average molecular weight is 408 g/mol. The van der Waals surface area contributed by atoms with Gasteiger partial charge in [-0.2, -0.15) is 0 Å². The number of fused-ring (bicyclic) bond motifs is 1. The quantitative estimate of drug-likeness (QED) is 0.712. The van der Waals surface area contributed by atoms with Gasteiger partial charge in [0, 0.05) is 24.2 Å². The highest BCUT2D eigenvalue weighted by Gasteiger charge is 2.25. The number of nitrogens with zero attached hydrogens (tertiary/aromatic N) is 3. The van der Waals surface area contributed by atoms with Gasteiger partial charge < -0.3 is 5.32 Å². The van der Waals surface area contributed by atoms with Crippen molar-refractivity contribution in [2.45, 2.75) is 30.2 Å². The summed E-state index contributed by atoms with van der Waals surface area (Å²) in [5.74, 6) is -0.290. The third kappa shape index (κ3) is 4.17. The van der Waals surface area contributed by atoms with Crippen molar-refractivity contribution in [1.29, 1.82) is 0 Å². The summed E-state index contributed by atoms with van der Waals surface area (Å²) in [6.45, 7) is 0. The van der Waals surface area contributed by atoms with Crippen molar-refractivity contribution >= 4 is 15.7 Å². The van der Waals surface area contributed by atoms with E-state index in [-0.39, 0.29) is 22.5 Å². The van der Waals surface area contributed by atoms with Gasteiger partial charge in [0.15, 0.2) is 9.84 Å². The minimum absolute atomic E-state index is 0.230. The molecule has 0 saturated heterocycles. The number of rotatable bonds is 4. The smallest absolute Gasteiger partial charge is 0.272 e. The lowest BCUT2D eigenvalue weighted by Gasteiger charge is -2.25. The van der Waals surface area contributed by atoms with E-state index >= 15 is 0 Å². The number of carbonyl (C=O) groups excluding carboxylic acids is 1. The van der Waals surface area contributed by atoms with E-state index in [4.69, 9.17) is 4.98 Å². The molecule has 1 unspecified atom stereocenters. The maximum Gasteiger partial charge on any atom is 0.272 e. The van der Waals surface area contributed by atoms with E-state index in [0.29, 0.717) is 5.69 Å². The zero-order chi connectivity index (χ0) is 20.4. The van der Waals surface area contributed by atoms with Crippen LogP contribution >= 0.6 is 0 Å². The molecule has 0 bridgehead atoms. The molecule has 7 nitrogen and oxygen atoms in total. The summed E-state index contributed by atoms with van der Waals surface area (Å²) in [4.78, 5) is 25.5. The van der Waals surface area contributed by atoms with Crippen molar-refractivity contribution in [1.82, 2.24) is 20.3 Å². The van der Waals surface area contributed by atoms with Crippen LogP contribution in [0.4, 0.5) is 0 Å². The monoisotopic (exact) mass is 408 g/mol. The van der Waals surface area contributed by atoms with Gasteiger partial charge in [-0.15, -0.1) is 0 Å². The van der Waals surface area contributed by atoms with E-state index in [1.54, 1.807) is 18.2 Å². The molecule has 1 aromatic carbocycles. The van der Waals surface area contributed by atoms with Crippen molar-refractivity contribution in [2.24, 2.45) is 0 Å². The maximum atomic E-state index is 12.5. The summed E-state index contributed by atoms with van der Waals surface area (Å²) in [6.07, 6.45) is 8.23. The highest BCUT2D eigenvalue weighted by molar-refractivity contribution is 7.90. The normalized spacial score (nSPS) is 16.1. The lowest BCUT2D eigenvalue weighted by Crippen LogP contribution is -2.32. The fraction of sp³-hybridized carbons (Fsp3) is 0.238. The van der Waals surface area contributed by atoms with Gasteiger partial charge >= 0.3 is 0 Å². The van der Waals surface area contributed by atoms with Crippen molar-refractivity contribution < 1.29 is 13.2 Å². The van der Waals surface area contributed by atoms with Crippen LogP contribution in [-0.2, 0) is 16.3 Å². The highest BCUT2D eigenvalue weighted by atomic mass is 32.2. The third-order valence-corrected chi connectivity index (χ3v) is 6.05. The topological polar surface area (TPSA) is 102 Å². The Morgan fingerprint density at radius 2 is 2.03 bits per heavy atom. The van der Waals surface area contributed by atoms with Crippen LogP contribution in [0.5, 0.6) is 0 Å². The van der Waals surface area contributed by atoms with E-state index in [1.165, 1.54) is 24.8 Å². The molecule has 1 atom stereocenters. The Hall–Kier alpha value is -3.13. The molecule has 0 fully saturated rings. The third-order valence-electron chi connectivity index (χ3n) is 4.94. The molecule has 8 heteroatoms. The van der Waals surface area contributed by atoms with Gasteiger partial charge in [-0.1, -0.05) is 18.2 Å². The summed E-state index contributed by atoms with van der Waals surface area (Å²) in [6, 6.07) is 10.4.